The van der Waals surface area contributed by atoms with E-state index in [1.54, 1.807) is 29.4 Å². The van der Waals surface area contributed by atoms with Crippen molar-refractivity contribution in [2.24, 2.45) is 5.92 Å². The van der Waals surface area contributed by atoms with Crippen molar-refractivity contribution in [2.45, 2.75) is 19.8 Å². The van der Waals surface area contributed by atoms with Crippen LogP contribution in [-0.4, -0.2) is 34.7 Å². The summed E-state index contributed by atoms with van der Waals surface area (Å²) in [6.45, 7) is 3.21. The Morgan fingerprint density at radius 2 is 1.74 bits per heavy atom. The van der Waals surface area contributed by atoms with Crippen LogP contribution in [0, 0.1) is 12.8 Å². The maximum atomic E-state index is 12.7. The van der Waals surface area contributed by atoms with Crippen molar-refractivity contribution in [1.82, 2.24) is 9.88 Å². The fraction of sp³-hybridized carbons (Fsp3) is 0.316. The third-order valence-electron chi connectivity index (χ3n) is 4.34. The minimum Gasteiger partial charge on any atom is -0.338 e. The molecule has 1 atom stereocenters. The molecule has 1 saturated heterocycles. The molecule has 118 valence electrons. The van der Waals surface area contributed by atoms with Crippen LogP contribution < -0.4 is 0 Å². The summed E-state index contributed by atoms with van der Waals surface area (Å²) in [5.41, 5.74) is 2.50. The highest BCUT2D eigenvalue weighted by Gasteiger charge is 2.29. The third-order valence-corrected chi connectivity index (χ3v) is 4.34. The van der Waals surface area contributed by atoms with Gasteiger partial charge in [-0.15, -0.1) is 0 Å². The molecule has 0 radical (unpaired) electrons. The van der Waals surface area contributed by atoms with E-state index in [9.17, 15) is 9.59 Å². The van der Waals surface area contributed by atoms with Crippen molar-refractivity contribution in [3.8, 4) is 0 Å². The topological polar surface area (TPSA) is 50.3 Å². The summed E-state index contributed by atoms with van der Waals surface area (Å²) in [6.07, 6.45) is 4.93. The number of hydrogen-bond acceptors (Lipinski definition) is 3. The molecule has 23 heavy (non-hydrogen) atoms. The Morgan fingerprint density at radius 1 is 1.04 bits per heavy atom. The Hall–Kier alpha value is -2.49. The standard InChI is InChI=1S/C19H20N2O2/c1-14-4-6-15(7-5-14)18(22)17-3-2-12-21(13-17)19(23)16-8-10-20-11-9-16/h4-11,17H,2-3,12-13H2,1H3. The summed E-state index contributed by atoms with van der Waals surface area (Å²) in [5, 5.41) is 0. The SMILES string of the molecule is Cc1ccc(C(=O)C2CCCN(C(=O)c3ccncc3)C2)cc1. The van der Waals surface area contributed by atoms with Crippen molar-refractivity contribution < 1.29 is 9.59 Å². The lowest BCUT2D eigenvalue weighted by Gasteiger charge is -2.32. The van der Waals surface area contributed by atoms with Gasteiger partial charge in [0.25, 0.3) is 5.91 Å². The fourth-order valence-corrected chi connectivity index (χ4v) is 3.01. The molecule has 2 aromatic rings. The predicted molar refractivity (Wildman–Crippen MR) is 88.4 cm³/mol. The third kappa shape index (κ3) is 3.47. The van der Waals surface area contributed by atoms with Crippen LogP contribution in [0.2, 0.25) is 0 Å². The summed E-state index contributed by atoms with van der Waals surface area (Å²) in [7, 11) is 0. The van der Waals surface area contributed by atoms with E-state index in [1.807, 2.05) is 31.2 Å². The number of amides is 1. The summed E-state index contributed by atoms with van der Waals surface area (Å²) >= 11 is 0. The average Bonchev–Trinajstić information content (AvgIpc) is 2.62. The van der Waals surface area contributed by atoms with E-state index in [1.165, 1.54) is 0 Å². The Balaban J connectivity index is 1.72. The van der Waals surface area contributed by atoms with Gasteiger partial charge in [-0.2, -0.15) is 0 Å². The first-order chi connectivity index (χ1) is 11.1. The van der Waals surface area contributed by atoms with Gasteiger partial charge in [-0.1, -0.05) is 29.8 Å². The number of rotatable bonds is 3. The zero-order chi connectivity index (χ0) is 16.2. The van der Waals surface area contributed by atoms with E-state index in [2.05, 4.69) is 4.98 Å². The number of pyridine rings is 1. The van der Waals surface area contributed by atoms with Crippen molar-refractivity contribution in [1.29, 1.82) is 0 Å². The lowest BCUT2D eigenvalue weighted by Crippen LogP contribution is -2.42. The summed E-state index contributed by atoms with van der Waals surface area (Å²) in [6, 6.07) is 11.1. The highest BCUT2D eigenvalue weighted by atomic mass is 16.2. The molecular weight excluding hydrogens is 288 g/mol. The number of nitrogens with zero attached hydrogens (tertiary/aromatic N) is 2. The first-order valence-electron chi connectivity index (χ1n) is 7.95. The van der Waals surface area contributed by atoms with Crippen LogP contribution in [0.5, 0.6) is 0 Å². The maximum Gasteiger partial charge on any atom is 0.253 e. The molecule has 3 rings (SSSR count). The number of likely N-dealkylation sites (tertiary alicyclic amines) is 1. The zero-order valence-electron chi connectivity index (χ0n) is 13.2. The number of hydrogen-bond donors (Lipinski definition) is 0. The van der Waals surface area contributed by atoms with E-state index < -0.39 is 0 Å². The molecular formula is C19H20N2O2. The first-order valence-corrected chi connectivity index (χ1v) is 7.95. The Morgan fingerprint density at radius 3 is 2.43 bits per heavy atom. The molecule has 1 aromatic heterocycles. The van der Waals surface area contributed by atoms with Crippen molar-refractivity contribution >= 4 is 11.7 Å². The van der Waals surface area contributed by atoms with Gasteiger partial charge in [0.05, 0.1) is 0 Å². The molecule has 2 heterocycles. The summed E-state index contributed by atoms with van der Waals surface area (Å²) < 4.78 is 0. The number of carbonyl (C=O) groups is 2. The van der Waals surface area contributed by atoms with Crippen LogP contribution in [-0.2, 0) is 0 Å². The molecule has 1 aromatic carbocycles. The van der Waals surface area contributed by atoms with E-state index in [-0.39, 0.29) is 17.6 Å². The Labute approximate surface area is 136 Å². The van der Waals surface area contributed by atoms with Crippen molar-refractivity contribution in [3.05, 3.63) is 65.5 Å². The van der Waals surface area contributed by atoms with Gasteiger partial charge >= 0.3 is 0 Å². The van der Waals surface area contributed by atoms with Crippen LogP contribution in [0.4, 0.5) is 0 Å². The largest absolute Gasteiger partial charge is 0.338 e. The van der Waals surface area contributed by atoms with E-state index in [0.29, 0.717) is 18.7 Å². The second kappa shape index (κ2) is 6.73. The van der Waals surface area contributed by atoms with Crippen molar-refractivity contribution in [2.75, 3.05) is 13.1 Å². The molecule has 0 aliphatic carbocycles. The van der Waals surface area contributed by atoms with Gasteiger partial charge in [-0.05, 0) is 31.9 Å². The highest BCUT2D eigenvalue weighted by molar-refractivity contribution is 5.99. The molecule has 1 amide bonds. The summed E-state index contributed by atoms with van der Waals surface area (Å²) in [5.74, 6) is 0.00304. The van der Waals surface area contributed by atoms with Gasteiger partial charge in [0.2, 0.25) is 0 Å². The number of benzene rings is 1. The molecule has 4 heteroatoms. The van der Waals surface area contributed by atoms with Crippen LogP contribution in [0.15, 0.2) is 48.8 Å². The molecule has 1 fully saturated rings. The van der Waals surface area contributed by atoms with Gasteiger partial charge in [-0.25, -0.2) is 0 Å². The van der Waals surface area contributed by atoms with Crippen LogP contribution in [0.3, 0.4) is 0 Å². The lowest BCUT2D eigenvalue weighted by molar-refractivity contribution is 0.0637. The Kier molecular flexibility index (Phi) is 4.51. The quantitative estimate of drug-likeness (QED) is 0.819. The van der Waals surface area contributed by atoms with E-state index in [4.69, 9.17) is 0 Å². The highest BCUT2D eigenvalue weighted by Crippen LogP contribution is 2.22. The number of aryl methyl sites for hydroxylation is 1. The molecule has 4 nitrogen and oxygen atoms in total. The van der Waals surface area contributed by atoms with Crippen molar-refractivity contribution in [3.63, 3.8) is 0 Å². The second-order valence-corrected chi connectivity index (χ2v) is 6.06. The fourth-order valence-electron chi connectivity index (χ4n) is 3.01. The van der Waals surface area contributed by atoms with Crippen LogP contribution >= 0.6 is 0 Å². The smallest absolute Gasteiger partial charge is 0.253 e. The molecule has 0 bridgehead atoms. The number of Topliss-reactive ketones (excluding diaryl/α,β-unsaturated/α-hetero) is 1. The first kappa shape index (κ1) is 15.4. The van der Waals surface area contributed by atoms with Gasteiger partial charge in [0.1, 0.15) is 0 Å². The molecule has 1 aliphatic rings. The van der Waals surface area contributed by atoms with Crippen LogP contribution in [0.25, 0.3) is 0 Å². The van der Waals surface area contributed by atoms with E-state index in [0.717, 1.165) is 24.0 Å². The number of piperidine rings is 1. The average molecular weight is 308 g/mol. The molecule has 0 saturated carbocycles. The Bertz CT molecular complexity index is 695. The number of carbonyl (C=O) groups excluding carboxylic acids is 2. The minimum atomic E-state index is -0.114. The molecule has 0 N–H and O–H groups in total. The second-order valence-electron chi connectivity index (χ2n) is 6.06. The monoisotopic (exact) mass is 308 g/mol. The number of aromatic nitrogens is 1. The van der Waals surface area contributed by atoms with Gasteiger partial charge in [0.15, 0.2) is 5.78 Å². The molecule has 1 unspecified atom stereocenters. The van der Waals surface area contributed by atoms with Gasteiger partial charge in [0, 0.05) is 42.5 Å². The normalized spacial score (nSPS) is 17.8. The zero-order valence-corrected chi connectivity index (χ0v) is 13.2. The summed E-state index contributed by atoms with van der Waals surface area (Å²) in [4.78, 5) is 30.9. The van der Waals surface area contributed by atoms with Gasteiger partial charge < -0.3 is 4.90 Å². The maximum absolute atomic E-state index is 12.7. The molecule has 1 aliphatic heterocycles. The van der Waals surface area contributed by atoms with Gasteiger partial charge in [-0.3, -0.25) is 14.6 Å². The lowest BCUT2D eigenvalue weighted by atomic mass is 9.89. The molecule has 0 spiro atoms. The predicted octanol–water partition coefficient (Wildman–Crippen LogP) is 3.13. The van der Waals surface area contributed by atoms with Crippen LogP contribution in [0.1, 0.15) is 39.1 Å². The minimum absolute atomic E-state index is 0.0196. The van der Waals surface area contributed by atoms with E-state index >= 15 is 0 Å². The number of ketones is 1.